The van der Waals surface area contributed by atoms with Gasteiger partial charge in [-0.05, 0) is 44.2 Å². The zero-order valence-corrected chi connectivity index (χ0v) is 12.9. The van der Waals surface area contributed by atoms with E-state index in [0.717, 1.165) is 30.5 Å². The fourth-order valence-electron chi connectivity index (χ4n) is 3.83. The molecule has 1 saturated heterocycles. The smallest absolute Gasteiger partial charge is 0.322 e. The zero-order chi connectivity index (χ0) is 15.7. The molecule has 1 saturated carbocycles. The average Bonchev–Trinajstić information content (AvgIpc) is 2.89. The van der Waals surface area contributed by atoms with Crippen molar-refractivity contribution in [2.24, 2.45) is 11.7 Å². The zero-order valence-electron chi connectivity index (χ0n) is 12.9. The van der Waals surface area contributed by atoms with Crippen molar-refractivity contribution in [1.82, 2.24) is 4.90 Å². The van der Waals surface area contributed by atoms with Crippen LogP contribution in [-0.4, -0.2) is 28.9 Å². The molecule has 0 bridgehead atoms. The Bertz CT molecular complexity index is 570. The SMILES string of the molecule is Cc1ccc(NC(=O)N2[C@@H]3CCCC[C@@H]3C[C@H]2C(N)=O)cc1. The molecule has 0 aromatic heterocycles. The molecule has 0 radical (unpaired) electrons. The van der Waals surface area contributed by atoms with Gasteiger partial charge in [-0.15, -0.1) is 0 Å². The predicted molar refractivity (Wildman–Crippen MR) is 85.4 cm³/mol. The molecule has 0 unspecified atom stereocenters. The van der Waals surface area contributed by atoms with Crippen molar-refractivity contribution in [2.75, 3.05) is 5.32 Å². The van der Waals surface area contributed by atoms with Crippen molar-refractivity contribution in [3.8, 4) is 0 Å². The molecule has 2 fully saturated rings. The molecule has 3 N–H and O–H groups in total. The average molecular weight is 301 g/mol. The van der Waals surface area contributed by atoms with Gasteiger partial charge in [0.1, 0.15) is 6.04 Å². The number of nitrogens with one attached hydrogen (secondary N) is 1. The Labute approximate surface area is 130 Å². The highest BCUT2D eigenvalue weighted by Gasteiger charge is 2.46. The summed E-state index contributed by atoms with van der Waals surface area (Å²) in [6.07, 6.45) is 5.06. The first-order valence-electron chi connectivity index (χ1n) is 8.01. The van der Waals surface area contributed by atoms with E-state index < -0.39 is 11.9 Å². The van der Waals surface area contributed by atoms with Crippen LogP contribution in [0, 0.1) is 12.8 Å². The lowest BCUT2D eigenvalue weighted by Crippen LogP contribution is -2.49. The lowest BCUT2D eigenvalue weighted by Gasteiger charge is -2.33. The maximum atomic E-state index is 12.7. The van der Waals surface area contributed by atoms with Crippen LogP contribution in [0.3, 0.4) is 0 Å². The molecule has 22 heavy (non-hydrogen) atoms. The van der Waals surface area contributed by atoms with Crippen LogP contribution >= 0.6 is 0 Å². The lowest BCUT2D eigenvalue weighted by atomic mass is 9.85. The Morgan fingerprint density at radius 1 is 1.18 bits per heavy atom. The number of urea groups is 1. The van der Waals surface area contributed by atoms with Crippen LogP contribution in [0.25, 0.3) is 0 Å². The Kier molecular flexibility index (Phi) is 4.05. The van der Waals surface area contributed by atoms with Gasteiger partial charge in [0.2, 0.25) is 5.91 Å². The molecule has 3 amide bonds. The quantitative estimate of drug-likeness (QED) is 0.881. The van der Waals surface area contributed by atoms with E-state index in [4.69, 9.17) is 5.73 Å². The van der Waals surface area contributed by atoms with Crippen LogP contribution in [0.15, 0.2) is 24.3 Å². The monoisotopic (exact) mass is 301 g/mol. The Morgan fingerprint density at radius 3 is 2.55 bits per heavy atom. The number of rotatable bonds is 2. The summed E-state index contributed by atoms with van der Waals surface area (Å²) >= 11 is 0. The maximum Gasteiger partial charge on any atom is 0.322 e. The van der Waals surface area contributed by atoms with Gasteiger partial charge in [-0.3, -0.25) is 4.79 Å². The fourth-order valence-corrected chi connectivity index (χ4v) is 3.83. The van der Waals surface area contributed by atoms with Gasteiger partial charge in [0.05, 0.1) is 0 Å². The summed E-state index contributed by atoms with van der Waals surface area (Å²) in [6, 6.07) is 7.13. The van der Waals surface area contributed by atoms with E-state index in [1.165, 1.54) is 6.42 Å². The number of anilines is 1. The van der Waals surface area contributed by atoms with Gasteiger partial charge in [-0.2, -0.15) is 0 Å². The number of likely N-dealkylation sites (tertiary alicyclic amines) is 1. The maximum absolute atomic E-state index is 12.7. The number of benzene rings is 1. The third-order valence-corrected chi connectivity index (χ3v) is 4.95. The minimum absolute atomic E-state index is 0.150. The van der Waals surface area contributed by atoms with Crippen LogP contribution < -0.4 is 11.1 Å². The second kappa shape index (κ2) is 5.99. The molecule has 3 atom stereocenters. The van der Waals surface area contributed by atoms with Crippen LogP contribution in [-0.2, 0) is 4.79 Å². The number of carbonyl (C=O) groups excluding carboxylic acids is 2. The van der Waals surface area contributed by atoms with Crippen LogP contribution in [0.5, 0.6) is 0 Å². The molecule has 5 heteroatoms. The first-order valence-corrected chi connectivity index (χ1v) is 8.01. The van der Waals surface area contributed by atoms with Gasteiger partial charge in [0.15, 0.2) is 0 Å². The number of nitrogens with zero attached hydrogens (tertiary/aromatic N) is 1. The predicted octanol–water partition coefficient (Wildman–Crippen LogP) is 2.65. The fraction of sp³-hybridized carbons (Fsp3) is 0.529. The topological polar surface area (TPSA) is 75.4 Å². The van der Waals surface area contributed by atoms with Gasteiger partial charge in [0.25, 0.3) is 0 Å². The lowest BCUT2D eigenvalue weighted by molar-refractivity contribution is -0.121. The Balaban J connectivity index is 1.78. The number of nitrogens with two attached hydrogens (primary N) is 1. The van der Waals surface area contributed by atoms with Crippen molar-refractivity contribution < 1.29 is 9.59 Å². The van der Waals surface area contributed by atoms with Gasteiger partial charge >= 0.3 is 6.03 Å². The Morgan fingerprint density at radius 2 is 1.86 bits per heavy atom. The van der Waals surface area contributed by atoms with Gasteiger partial charge < -0.3 is 16.0 Å². The van der Waals surface area contributed by atoms with E-state index in [1.807, 2.05) is 31.2 Å². The second-order valence-electron chi connectivity index (χ2n) is 6.47. The molecule has 1 aliphatic carbocycles. The number of primary amides is 1. The summed E-state index contributed by atoms with van der Waals surface area (Å²) in [5.74, 6) is 0.0171. The summed E-state index contributed by atoms with van der Waals surface area (Å²) < 4.78 is 0. The van der Waals surface area contributed by atoms with E-state index in [9.17, 15) is 9.59 Å². The van der Waals surface area contributed by atoms with Crippen LogP contribution in [0.4, 0.5) is 10.5 Å². The first-order chi connectivity index (χ1) is 10.6. The van der Waals surface area contributed by atoms with Gasteiger partial charge in [-0.25, -0.2) is 4.79 Å². The second-order valence-corrected chi connectivity index (χ2v) is 6.47. The highest BCUT2D eigenvalue weighted by atomic mass is 16.2. The standard InChI is InChI=1S/C17H23N3O2/c1-11-6-8-13(9-7-11)19-17(22)20-14-5-3-2-4-12(14)10-15(20)16(18)21/h6-9,12,14-15H,2-5,10H2,1H3,(H2,18,21)(H,19,22)/t12-,14-,15+/m1/s1. The number of carbonyl (C=O) groups is 2. The van der Waals surface area contributed by atoms with Crippen molar-refractivity contribution in [1.29, 1.82) is 0 Å². The molecule has 2 aliphatic rings. The first kappa shape index (κ1) is 14.9. The third kappa shape index (κ3) is 2.80. The highest BCUT2D eigenvalue weighted by Crippen LogP contribution is 2.39. The third-order valence-electron chi connectivity index (χ3n) is 4.95. The molecule has 5 nitrogen and oxygen atoms in total. The number of fused-ring (bicyclic) bond motifs is 1. The molecule has 3 rings (SSSR count). The molecule has 1 aromatic rings. The highest BCUT2D eigenvalue weighted by molar-refractivity contribution is 5.94. The van der Waals surface area contributed by atoms with E-state index >= 15 is 0 Å². The molecule has 1 aromatic carbocycles. The van der Waals surface area contributed by atoms with Crippen molar-refractivity contribution in [3.05, 3.63) is 29.8 Å². The van der Waals surface area contributed by atoms with Crippen molar-refractivity contribution in [2.45, 2.75) is 51.1 Å². The minimum Gasteiger partial charge on any atom is -0.368 e. The molecule has 118 valence electrons. The van der Waals surface area contributed by atoms with Crippen LogP contribution in [0.1, 0.15) is 37.7 Å². The Hall–Kier alpha value is -2.04. The molecule has 0 spiro atoms. The number of amides is 3. The summed E-state index contributed by atoms with van der Waals surface area (Å²) in [7, 11) is 0. The summed E-state index contributed by atoms with van der Waals surface area (Å²) in [4.78, 5) is 26.1. The number of hydrogen-bond acceptors (Lipinski definition) is 2. The van der Waals surface area contributed by atoms with Gasteiger partial charge in [-0.1, -0.05) is 30.5 Å². The van der Waals surface area contributed by atoms with E-state index in [0.29, 0.717) is 12.3 Å². The number of aryl methyl sites for hydroxylation is 1. The van der Waals surface area contributed by atoms with Crippen LogP contribution in [0.2, 0.25) is 0 Å². The van der Waals surface area contributed by atoms with Crippen molar-refractivity contribution in [3.63, 3.8) is 0 Å². The minimum atomic E-state index is -0.474. The normalized spacial score (nSPS) is 27.3. The largest absolute Gasteiger partial charge is 0.368 e. The molecular formula is C17H23N3O2. The number of hydrogen-bond donors (Lipinski definition) is 2. The molecular weight excluding hydrogens is 278 g/mol. The summed E-state index contributed by atoms with van der Waals surface area (Å²) in [5, 5.41) is 2.91. The summed E-state index contributed by atoms with van der Waals surface area (Å²) in [6.45, 7) is 2.00. The molecule has 1 aliphatic heterocycles. The van der Waals surface area contributed by atoms with E-state index in [1.54, 1.807) is 4.90 Å². The summed E-state index contributed by atoms with van der Waals surface area (Å²) in [5.41, 5.74) is 7.42. The molecule has 1 heterocycles. The van der Waals surface area contributed by atoms with E-state index in [2.05, 4.69) is 5.32 Å². The van der Waals surface area contributed by atoms with E-state index in [-0.39, 0.29) is 12.1 Å². The van der Waals surface area contributed by atoms with Gasteiger partial charge in [0, 0.05) is 11.7 Å². The van der Waals surface area contributed by atoms with Crippen molar-refractivity contribution >= 4 is 17.6 Å².